The van der Waals surface area contributed by atoms with Gasteiger partial charge in [-0.2, -0.15) is 0 Å². The van der Waals surface area contributed by atoms with E-state index in [-0.39, 0.29) is 49.9 Å². The summed E-state index contributed by atoms with van der Waals surface area (Å²) in [6.07, 6.45) is 0. The van der Waals surface area contributed by atoms with Crippen LogP contribution in [0.1, 0.15) is 27.0 Å². The number of fused-ring (bicyclic) bond motifs is 2. The van der Waals surface area contributed by atoms with Crippen LogP contribution in [0, 0.1) is 13.8 Å². The first kappa shape index (κ1) is 39.4. The number of aliphatic imine (C=N–C) groups is 1. The number of halogens is 2. The number of phenols is 2. The van der Waals surface area contributed by atoms with Crippen molar-refractivity contribution in [3.05, 3.63) is 178 Å². The van der Waals surface area contributed by atoms with E-state index < -0.39 is 5.91 Å². The first-order chi connectivity index (χ1) is 29.0. The molecule has 60 heavy (non-hydrogen) atoms. The largest absolute Gasteiger partial charge is 0.505 e. The molecule has 0 saturated heterocycles. The lowest BCUT2D eigenvalue weighted by molar-refractivity contribution is 0.102. The second-order valence-corrected chi connectivity index (χ2v) is 14.8. The zero-order chi connectivity index (χ0) is 41.9. The lowest BCUT2D eigenvalue weighted by atomic mass is 10.0. The van der Waals surface area contributed by atoms with Crippen molar-refractivity contribution in [3.8, 4) is 22.6 Å². The number of amides is 1. The molecule has 10 nitrogen and oxygen atoms in total. The summed E-state index contributed by atoms with van der Waals surface area (Å²) in [6, 6.07) is 43.0. The van der Waals surface area contributed by atoms with Gasteiger partial charge in [0, 0.05) is 16.5 Å². The number of aliphatic hydroxyl groups excluding tert-OH is 1. The van der Waals surface area contributed by atoms with Gasteiger partial charge in [-0.3, -0.25) is 4.79 Å². The second-order valence-electron chi connectivity index (χ2n) is 14.0. The van der Waals surface area contributed by atoms with Crippen molar-refractivity contribution >= 4 is 90.7 Å². The molecule has 4 N–H and O–H groups in total. The Labute approximate surface area is 354 Å². The summed E-state index contributed by atoms with van der Waals surface area (Å²) in [4.78, 5) is 17.7. The highest BCUT2D eigenvalue weighted by molar-refractivity contribution is 6.34. The van der Waals surface area contributed by atoms with Gasteiger partial charge in [0.1, 0.15) is 22.7 Å². The van der Waals surface area contributed by atoms with E-state index in [2.05, 4.69) is 30.8 Å². The van der Waals surface area contributed by atoms with Crippen molar-refractivity contribution in [3.63, 3.8) is 0 Å². The number of aryl methyl sites for hydroxylation is 2. The van der Waals surface area contributed by atoms with Gasteiger partial charge in [0.2, 0.25) is 5.90 Å². The summed E-state index contributed by atoms with van der Waals surface area (Å²) in [5, 5.41) is 57.3. The van der Waals surface area contributed by atoms with Gasteiger partial charge in [0.15, 0.2) is 11.5 Å². The number of aliphatic hydroxyl groups is 1. The predicted molar refractivity (Wildman–Crippen MR) is 241 cm³/mol. The fraction of sp³-hybridized carbons (Fsp3) is 0.0417. The molecule has 0 aliphatic heterocycles. The Morgan fingerprint density at radius 2 is 1.05 bits per heavy atom. The average Bonchev–Trinajstić information content (AvgIpc) is 3.25. The summed E-state index contributed by atoms with van der Waals surface area (Å²) in [6.45, 7) is 3.84. The molecule has 0 spiro atoms. The highest BCUT2D eigenvalue weighted by Gasteiger charge is 2.20. The fourth-order valence-electron chi connectivity index (χ4n) is 6.62. The van der Waals surface area contributed by atoms with E-state index in [4.69, 9.17) is 23.2 Å². The molecule has 0 aromatic heterocycles. The number of para-hydroxylation sites is 1. The molecular weight excluding hydrogens is 795 g/mol. The molecule has 0 heterocycles. The first-order valence-corrected chi connectivity index (χ1v) is 19.4. The van der Waals surface area contributed by atoms with Crippen molar-refractivity contribution < 1.29 is 20.1 Å². The summed E-state index contributed by atoms with van der Waals surface area (Å²) in [5.74, 6) is -1.46. The van der Waals surface area contributed by atoms with Crippen molar-refractivity contribution in [2.75, 3.05) is 5.32 Å². The van der Waals surface area contributed by atoms with Crippen LogP contribution >= 0.6 is 23.2 Å². The van der Waals surface area contributed by atoms with Crippen LogP contribution in [0.25, 0.3) is 32.7 Å². The molecule has 8 aromatic rings. The van der Waals surface area contributed by atoms with Crippen LogP contribution < -0.4 is 5.32 Å². The van der Waals surface area contributed by atoms with Crippen LogP contribution in [-0.4, -0.2) is 27.1 Å². The lowest BCUT2D eigenvalue weighted by Gasteiger charge is -2.11. The molecule has 8 rings (SSSR count). The summed E-state index contributed by atoms with van der Waals surface area (Å²) >= 11 is 13.5. The number of aromatic hydroxyl groups is 2. The van der Waals surface area contributed by atoms with Crippen molar-refractivity contribution in [2.45, 2.75) is 13.8 Å². The third-order valence-corrected chi connectivity index (χ3v) is 10.5. The number of azo groups is 2. The monoisotopic (exact) mass is 828 g/mol. The Hall–Kier alpha value is -7.40. The molecule has 1 amide bonds. The third kappa shape index (κ3) is 8.15. The van der Waals surface area contributed by atoms with E-state index in [1.165, 1.54) is 0 Å². The molecule has 0 aliphatic rings. The van der Waals surface area contributed by atoms with Gasteiger partial charge >= 0.3 is 0 Å². The van der Waals surface area contributed by atoms with Crippen molar-refractivity contribution in [2.24, 2.45) is 25.4 Å². The van der Waals surface area contributed by atoms with Crippen molar-refractivity contribution in [1.82, 2.24) is 0 Å². The minimum Gasteiger partial charge on any atom is -0.505 e. The number of benzene rings is 8. The average molecular weight is 830 g/mol. The van der Waals surface area contributed by atoms with E-state index in [0.29, 0.717) is 44.3 Å². The van der Waals surface area contributed by atoms with Gasteiger partial charge < -0.3 is 20.6 Å². The summed E-state index contributed by atoms with van der Waals surface area (Å²) in [5.41, 5.74) is 5.61. The molecule has 0 bridgehead atoms. The van der Waals surface area contributed by atoms with Gasteiger partial charge in [-0.1, -0.05) is 120 Å². The Morgan fingerprint density at radius 3 is 1.60 bits per heavy atom. The molecule has 0 saturated carbocycles. The SMILES string of the molecule is Cc1ccc(NC(=O)c2cc3ccccc3c(N=Nc3ccc(-c4ccc(N=Nc5c(O)c(C(O)=Nc6ccccc6C)cc6ccccc56)c(Cl)c4)cc3Cl)c2O)cc1. The number of anilines is 1. The number of carbonyl (C=O) groups is 1. The van der Waals surface area contributed by atoms with Crippen LogP contribution in [0.2, 0.25) is 10.0 Å². The predicted octanol–water partition coefficient (Wildman–Crippen LogP) is 14.7. The molecule has 0 unspecified atom stereocenters. The number of hydrogen-bond acceptors (Lipinski definition) is 8. The maximum absolute atomic E-state index is 13.3. The molecule has 0 atom stereocenters. The number of phenolic OH excluding ortho intramolecular Hbond substituents is 2. The highest BCUT2D eigenvalue weighted by Crippen LogP contribution is 2.43. The Morgan fingerprint density at radius 1 is 0.550 bits per heavy atom. The van der Waals surface area contributed by atoms with Gasteiger partial charge in [-0.15, -0.1) is 20.5 Å². The van der Waals surface area contributed by atoms with Crippen LogP contribution in [0.4, 0.5) is 34.1 Å². The summed E-state index contributed by atoms with van der Waals surface area (Å²) < 4.78 is 0. The minimum atomic E-state index is -0.493. The quantitative estimate of drug-likeness (QED) is 0.0650. The van der Waals surface area contributed by atoms with Crippen LogP contribution in [0.15, 0.2) is 171 Å². The number of rotatable bonds is 9. The number of nitrogens with zero attached hydrogens (tertiary/aromatic N) is 5. The maximum Gasteiger partial charge on any atom is 0.259 e. The number of carbonyl (C=O) groups excluding carboxylic acids is 1. The normalized spacial score (nSPS) is 11.9. The van der Waals surface area contributed by atoms with E-state index >= 15 is 0 Å². The first-order valence-electron chi connectivity index (χ1n) is 18.7. The topological polar surface area (TPSA) is 152 Å². The molecule has 12 heteroatoms. The standard InChI is InChI=1S/C48H34Cl2N6O4/c1-27-15-19-33(20-16-27)51-47(59)36-23-31-10-4-6-12-34(31)43(45(36)57)55-53-41-21-17-29(25-38(41)49)30-18-22-42(39(50)26-30)54-56-44-35-13-7-5-11-32(35)24-37(46(44)58)48(60)52-40-14-8-3-9-28(40)2/h3-26,57-58H,1-2H3,(H,51,59)(H,52,60). The fourth-order valence-corrected chi connectivity index (χ4v) is 7.06. The van der Waals surface area contributed by atoms with Crippen LogP contribution in [0.3, 0.4) is 0 Å². The van der Waals surface area contributed by atoms with Gasteiger partial charge in [0.25, 0.3) is 5.91 Å². The smallest absolute Gasteiger partial charge is 0.259 e. The number of nitrogens with one attached hydrogen (secondary N) is 1. The zero-order valence-electron chi connectivity index (χ0n) is 32.1. The molecule has 0 radical (unpaired) electrons. The van der Waals surface area contributed by atoms with E-state index in [1.54, 1.807) is 78.9 Å². The Bertz CT molecular complexity index is 3070. The molecule has 0 aliphatic carbocycles. The van der Waals surface area contributed by atoms with Gasteiger partial charge in [-0.05, 0) is 95.9 Å². The number of hydrogen-bond donors (Lipinski definition) is 4. The van der Waals surface area contributed by atoms with E-state index in [0.717, 1.165) is 22.3 Å². The molecule has 294 valence electrons. The third-order valence-electron chi connectivity index (χ3n) is 9.87. The van der Waals surface area contributed by atoms with Crippen LogP contribution in [0.5, 0.6) is 11.5 Å². The Balaban J connectivity index is 1.05. The zero-order valence-corrected chi connectivity index (χ0v) is 33.6. The lowest BCUT2D eigenvalue weighted by Crippen LogP contribution is -2.12. The van der Waals surface area contributed by atoms with Crippen molar-refractivity contribution in [1.29, 1.82) is 0 Å². The highest BCUT2D eigenvalue weighted by atomic mass is 35.5. The van der Waals surface area contributed by atoms with E-state index in [1.807, 2.05) is 80.6 Å². The second kappa shape index (κ2) is 16.8. The van der Waals surface area contributed by atoms with Gasteiger partial charge in [-0.25, -0.2) is 4.99 Å². The van der Waals surface area contributed by atoms with Crippen LogP contribution in [-0.2, 0) is 0 Å². The molecular formula is C48H34Cl2N6O4. The van der Waals surface area contributed by atoms with E-state index in [9.17, 15) is 20.1 Å². The Kier molecular flexibility index (Phi) is 11.1. The minimum absolute atomic E-state index is 0.0471. The molecule has 8 aromatic carbocycles. The summed E-state index contributed by atoms with van der Waals surface area (Å²) in [7, 11) is 0. The maximum atomic E-state index is 13.3. The van der Waals surface area contributed by atoms with Gasteiger partial charge in [0.05, 0.1) is 26.9 Å². The molecule has 0 fully saturated rings.